The molecule has 0 bridgehead atoms. The molecule has 23 heavy (non-hydrogen) atoms. The molecule has 2 aromatic carbocycles. The number of hydrogen-bond donors (Lipinski definition) is 1. The second-order valence-electron chi connectivity index (χ2n) is 5.69. The zero-order valence-electron chi connectivity index (χ0n) is 12.5. The van der Waals surface area contributed by atoms with E-state index in [1.165, 1.54) is 5.56 Å². The summed E-state index contributed by atoms with van der Waals surface area (Å²) in [5.41, 5.74) is 3.56. The number of anilines is 2. The Hall–Kier alpha value is -2.27. The predicted octanol–water partition coefficient (Wildman–Crippen LogP) is 3.32. The number of rotatable bonds is 1. The highest BCUT2D eigenvalue weighted by Gasteiger charge is 2.26. The summed E-state index contributed by atoms with van der Waals surface area (Å²) in [7, 11) is 0. The van der Waals surface area contributed by atoms with Crippen molar-refractivity contribution in [2.45, 2.75) is 17.7 Å². The maximum Gasteiger partial charge on any atom is 0.258 e. The minimum Gasteiger partial charge on any atom is -0.325 e. The fourth-order valence-corrected chi connectivity index (χ4v) is 4.00. The molecular formula is C18H16N2O2S. The third-order valence-corrected chi connectivity index (χ3v) is 5.29. The van der Waals surface area contributed by atoms with Gasteiger partial charge in [-0.25, -0.2) is 0 Å². The lowest BCUT2D eigenvalue weighted by molar-refractivity contribution is -0.115. The number of carbonyl (C=O) groups is 2. The van der Waals surface area contributed by atoms with Crippen molar-refractivity contribution in [3.63, 3.8) is 0 Å². The van der Waals surface area contributed by atoms with Gasteiger partial charge in [-0.2, -0.15) is 0 Å². The van der Waals surface area contributed by atoms with Crippen LogP contribution in [0.15, 0.2) is 47.4 Å². The van der Waals surface area contributed by atoms with Crippen molar-refractivity contribution in [3.05, 3.63) is 53.6 Å². The van der Waals surface area contributed by atoms with Crippen molar-refractivity contribution in [2.75, 3.05) is 22.5 Å². The first kappa shape index (κ1) is 14.3. The normalized spacial score (nSPS) is 16.3. The Balaban J connectivity index is 1.66. The fourth-order valence-electron chi connectivity index (χ4n) is 3.06. The van der Waals surface area contributed by atoms with Gasteiger partial charge >= 0.3 is 0 Å². The van der Waals surface area contributed by atoms with Crippen LogP contribution in [0, 0.1) is 0 Å². The molecule has 0 radical (unpaired) electrons. The summed E-state index contributed by atoms with van der Waals surface area (Å²) >= 11 is 1.65. The van der Waals surface area contributed by atoms with Crippen molar-refractivity contribution in [1.29, 1.82) is 0 Å². The molecule has 2 amide bonds. The number of thioether (sulfide) groups is 1. The Kier molecular flexibility index (Phi) is 3.58. The lowest BCUT2D eigenvalue weighted by Gasteiger charge is -2.18. The summed E-state index contributed by atoms with van der Waals surface area (Å²) < 4.78 is 0. The Morgan fingerprint density at radius 2 is 2.00 bits per heavy atom. The van der Waals surface area contributed by atoms with Gasteiger partial charge in [0, 0.05) is 34.9 Å². The third kappa shape index (κ3) is 2.61. The smallest absolute Gasteiger partial charge is 0.258 e. The lowest BCUT2D eigenvalue weighted by Crippen LogP contribution is -2.29. The Bertz CT molecular complexity index is 803. The number of para-hydroxylation sites is 1. The number of hydrogen-bond acceptors (Lipinski definition) is 3. The highest BCUT2D eigenvalue weighted by Crippen LogP contribution is 2.33. The highest BCUT2D eigenvalue weighted by atomic mass is 32.2. The van der Waals surface area contributed by atoms with Gasteiger partial charge in [0.1, 0.15) is 0 Å². The lowest BCUT2D eigenvalue weighted by atomic mass is 10.1. The van der Waals surface area contributed by atoms with E-state index in [9.17, 15) is 9.59 Å². The topological polar surface area (TPSA) is 49.4 Å². The number of benzene rings is 2. The largest absolute Gasteiger partial charge is 0.325 e. The van der Waals surface area contributed by atoms with Crippen LogP contribution in [0.25, 0.3) is 0 Å². The van der Waals surface area contributed by atoms with E-state index in [2.05, 4.69) is 11.4 Å². The van der Waals surface area contributed by atoms with Crippen molar-refractivity contribution >= 4 is 35.0 Å². The van der Waals surface area contributed by atoms with Crippen LogP contribution in [-0.2, 0) is 11.2 Å². The van der Waals surface area contributed by atoms with Gasteiger partial charge in [0.25, 0.3) is 5.91 Å². The predicted molar refractivity (Wildman–Crippen MR) is 92.2 cm³/mol. The van der Waals surface area contributed by atoms with Gasteiger partial charge in [0.05, 0.1) is 5.69 Å². The monoisotopic (exact) mass is 324 g/mol. The van der Waals surface area contributed by atoms with Gasteiger partial charge in [0.2, 0.25) is 5.91 Å². The average molecular weight is 324 g/mol. The van der Waals surface area contributed by atoms with Crippen molar-refractivity contribution in [2.24, 2.45) is 0 Å². The van der Waals surface area contributed by atoms with E-state index in [4.69, 9.17) is 0 Å². The molecule has 4 nitrogen and oxygen atoms in total. The average Bonchev–Trinajstić information content (AvgIpc) is 2.90. The molecule has 0 aromatic heterocycles. The Morgan fingerprint density at radius 1 is 1.13 bits per heavy atom. The van der Waals surface area contributed by atoms with Crippen LogP contribution in [0.4, 0.5) is 11.4 Å². The molecule has 0 unspecified atom stereocenters. The molecule has 2 aliphatic heterocycles. The Labute approximate surface area is 138 Å². The summed E-state index contributed by atoms with van der Waals surface area (Å²) in [6.07, 6.45) is 1.39. The van der Waals surface area contributed by atoms with E-state index >= 15 is 0 Å². The van der Waals surface area contributed by atoms with E-state index in [0.29, 0.717) is 18.5 Å². The molecule has 1 N–H and O–H groups in total. The molecule has 2 aliphatic rings. The first-order valence-electron chi connectivity index (χ1n) is 7.69. The standard InChI is InChI=1S/C18H16N2O2S/c21-17-8-10-23-16-6-5-13(11-14(16)19-17)18(22)20-9-7-12-3-1-2-4-15(12)20/h1-6,11H,7-10H2,(H,19,21). The third-order valence-electron chi connectivity index (χ3n) is 4.22. The first-order chi connectivity index (χ1) is 11.2. The SMILES string of the molecule is O=C1CCSc2ccc(C(=O)N3CCc4ccccc43)cc2N1. The minimum atomic E-state index is -0.0127. The molecule has 0 atom stereocenters. The molecular weight excluding hydrogens is 308 g/mol. The molecule has 5 heteroatoms. The number of nitrogens with one attached hydrogen (secondary N) is 1. The summed E-state index contributed by atoms with van der Waals surface area (Å²) in [5, 5.41) is 2.90. The van der Waals surface area contributed by atoms with Crippen molar-refractivity contribution < 1.29 is 9.59 Å². The van der Waals surface area contributed by atoms with E-state index in [1.807, 2.05) is 35.2 Å². The number of nitrogens with zero attached hydrogens (tertiary/aromatic N) is 1. The van der Waals surface area contributed by atoms with Crippen LogP contribution >= 0.6 is 11.8 Å². The van der Waals surface area contributed by atoms with Crippen LogP contribution in [0.5, 0.6) is 0 Å². The number of carbonyl (C=O) groups excluding carboxylic acids is 2. The van der Waals surface area contributed by atoms with Crippen LogP contribution in [0.1, 0.15) is 22.3 Å². The summed E-state index contributed by atoms with van der Waals surface area (Å²) in [4.78, 5) is 27.4. The maximum atomic E-state index is 12.9. The van der Waals surface area contributed by atoms with Crippen LogP contribution in [0.2, 0.25) is 0 Å². The van der Waals surface area contributed by atoms with Gasteiger partial charge in [0.15, 0.2) is 0 Å². The van der Waals surface area contributed by atoms with Crippen LogP contribution in [-0.4, -0.2) is 24.1 Å². The van der Waals surface area contributed by atoms with E-state index < -0.39 is 0 Å². The number of fused-ring (bicyclic) bond motifs is 2. The summed E-state index contributed by atoms with van der Waals surface area (Å²) in [6, 6.07) is 13.6. The first-order valence-corrected chi connectivity index (χ1v) is 8.67. The van der Waals surface area contributed by atoms with Gasteiger partial charge < -0.3 is 10.2 Å². The zero-order valence-corrected chi connectivity index (χ0v) is 13.4. The van der Waals surface area contributed by atoms with Crippen LogP contribution in [0.3, 0.4) is 0 Å². The van der Waals surface area contributed by atoms with E-state index in [0.717, 1.165) is 28.4 Å². The van der Waals surface area contributed by atoms with Crippen LogP contribution < -0.4 is 10.2 Å². The molecule has 4 rings (SSSR count). The molecule has 0 fully saturated rings. The summed E-state index contributed by atoms with van der Waals surface area (Å²) in [6.45, 7) is 0.705. The molecule has 0 saturated carbocycles. The quantitative estimate of drug-likeness (QED) is 0.875. The maximum absolute atomic E-state index is 12.9. The molecule has 0 aliphatic carbocycles. The molecule has 2 heterocycles. The van der Waals surface area contributed by atoms with Crippen molar-refractivity contribution in [3.8, 4) is 0 Å². The molecule has 2 aromatic rings. The van der Waals surface area contributed by atoms with Gasteiger partial charge in [-0.1, -0.05) is 18.2 Å². The summed E-state index contributed by atoms with van der Waals surface area (Å²) in [5.74, 6) is 0.764. The fraction of sp³-hybridized carbons (Fsp3) is 0.222. The highest BCUT2D eigenvalue weighted by molar-refractivity contribution is 7.99. The minimum absolute atomic E-state index is 0.00682. The molecule has 0 saturated heterocycles. The van der Waals surface area contributed by atoms with E-state index in [1.54, 1.807) is 17.8 Å². The molecule has 116 valence electrons. The van der Waals surface area contributed by atoms with E-state index in [-0.39, 0.29) is 11.8 Å². The van der Waals surface area contributed by atoms with Gasteiger partial charge in [-0.15, -0.1) is 11.8 Å². The van der Waals surface area contributed by atoms with Crippen molar-refractivity contribution in [1.82, 2.24) is 0 Å². The van der Waals surface area contributed by atoms with Gasteiger partial charge in [-0.05, 0) is 36.2 Å². The zero-order chi connectivity index (χ0) is 15.8. The number of amides is 2. The second-order valence-corrected chi connectivity index (χ2v) is 6.83. The Morgan fingerprint density at radius 3 is 2.91 bits per heavy atom. The van der Waals surface area contributed by atoms with Gasteiger partial charge in [-0.3, -0.25) is 9.59 Å². The molecule has 0 spiro atoms. The second kappa shape index (κ2) is 5.74.